The molecular formula is C53H37NO. The fourth-order valence-electron chi connectivity index (χ4n) is 9.12. The van der Waals surface area contributed by atoms with Crippen LogP contribution in [-0.4, -0.2) is 0 Å². The van der Waals surface area contributed by atoms with Gasteiger partial charge in [-0.05, 0) is 109 Å². The summed E-state index contributed by atoms with van der Waals surface area (Å²) in [5.41, 5.74) is 15.2. The van der Waals surface area contributed by atoms with Crippen LogP contribution < -0.4 is 4.90 Å². The van der Waals surface area contributed by atoms with Crippen LogP contribution >= 0.6 is 0 Å². The Balaban J connectivity index is 1.06. The Kier molecular flexibility index (Phi) is 6.93. The molecule has 11 rings (SSSR count). The van der Waals surface area contributed by atoms with Crippen molar-refractivity contribution in [1.82, 2.24) is 0 Å². The fourth-order valence-corrected chi connectivity index (χ4v) is 9.12. The van der Waals surface area contributed by atoms with Crippen LogP contribution in [0.4, 0.5) is 17.1 Å². The van der Waals surface area contributed by atoms with E-state index in [-0.39, 0.29) is 5.41 Å². The molecule has 10 aromatic rings. The molecule has 1 aliphatic rings. The second kappa shape index (κ2) is 12.1. The molecule has 0 spiro atoms. The number of benzene rings is 9. The zero-order chi connectivity index (χ0) is 36.7. The third-order valence-electron chi connectivity index (χ3n) is 11.9. The van der Waals surface area contributed by atoms with E-state index in [0.717, 1.165) is 50.0 Å². The molecule has 260 valence electrons. The number of fused-ring (bicyclic) bond motifs is 9. The van der Waals surface area contributed by atoms with Crippen LogP contribution in [0, 0.1) is 0 Å². The molecule has 0 saturated carbocycles. The molecular weight excluding hydrogens is 667 g/mol. The zero-order valence-corrected chi connectivity index (χ0v) is 30.8. The highest BCUT2D eigenvalue weighted by Gasteiger charge is 2.35. The number of rotatable bonds is 5. The van der Waals surface area contributed by atoms with Gasteiger partial charge in [-0.3, -0.25) is 0 Å². The highest BCUT2D eigenvalue weighted by Crippen LogP contribution is 2.51. The van der Waals surface area contributed by atoms with E-state index < -0.39 is 0 Å². The quantitative estimate of drug-likeness (QED) is 0.177. The summed E-state index contributed by atoms with van der Waals surface area (Å²) in [5, 5.41) is 7.11. The lowest BCUT2D eigenvalue weighted by Crippen LogP contribution is -2.16. The maximum absolute atomic E-state index is 6.54. The van der Waals surface area contributed by atoms with E-state index >= 15 is 0 Å². The molecule has 0 bridgehead atoms. The van der Waals surface area contributed by atoms with Crippen molar-refractivity contribution >= 4 is 60.5 Å². The maximum Gasteiger partial charge on any atom is 0.143 e. The first-order valence-corrected chi connectivity index (χ1v) is 19.1. The van der Waals surface area contributed by atoms with Crippen molar-refractivity contribution in [2.24, 2.45) is 0 Å². The number of nitrogens with zero attached hydrogens (tertiary/aromatic N) is 1. The minimum absolute atomic E-state index is 0.107. The minimum Gasteiger partial charge on any atom is -0.455 e. The van der Waals surface area contributed by atoms with E-state index in [1.165, 1.54) is 55.1 Å². The molecule has 0 aliphatic heterocycles. The van der Waals surface area contributed by atoms with Gasteiger partial charge in [0.2, 0.25) is 0 Å². The zero-order valence-electron chi connectivity index (χ0n) is 30.8. The molecule has 1 aromatic heterocycles. The fraction of sp³-hybridized carbons (Fsp3) is 0.0566. The molecule has 0 radical (unpaired) electrons. The van der Waals surface area contributed by atoms with Gasteiger partial charge in [0.25, 0.3) is 0 Å². The van der Waals surface area contributed by atoms with Gasteiger partial charge in [0.05, 0.1) is 0 Å². The molecule has 0 saturated heterocycles. The average molecular weight is 704 g/mol. The first-order valence-electron chi connectivity index (χ1n) is 19.1. The van der Waals surface area contributed by atoms with Crippen LogP contribution in [0.1, 0.15) is 25.0 Å². The van der Waals surface area contributed by atoms with Crippen LogP contribution in [0.25, 0.3) is 76.9 Å². The first-order chi connectivity index (χ1) is 27.0. The van der Waals surface area contributed by atoms with E-state index in [4.69, 9.17) is 4.42 Å². The Morgan fingerprint density at radius 3 is 1.75 bits per heavy atom. The van der Waals surface area contributed by atoms with Gasteiger partial charge in [0.1, 0.15) is 11.2 Å². The topological polar surface area (TPSA) is 16.4 Å². The predicted octanol–water partition coefficient (Wildman–Crippen LogP) is 15.0. The van der Waals surface area contributed by atoms with Crippen molar-refractivity contribution in [3.05, 3.63) is 199 Å². The molecule has 55 heavy (non-hydrogen) atoms. The summed E-state index contributed by atoms with van der Waals surface area (Å²) in [6, 6.07) is 68.4. The minimum atomic E-state index is -0.107. The molecule has 0 atom stereocenters. The molecule has 2 heteroatoms. The van der Waals surface area contributed by atoms with Crippen molar-refractivity contribution < 1.29 is 4.42 Å². The van der Waals surface area contributed by atoms with E-state index in [1.54, 1.807) is 0 Å². The van der Waals surface area contributed by atoms with Crippen LogP contribution in [0.15, 0.2) is 192 Å². The van der Waals surface area contributed by atoms with E-state index in [1.807, 2.05) is 6.07 Å². The van der Waals surface area contributed by atoms with Gasteiger partial charge in [-0.1, -0.05) is 153 Å². The van der Waals surface area contributed by atoms with Crippen molar-refractivity contribution in [2.45, 2.75) is 19.3 Å². The lowest BCUT2D eigenvalue weighted by molar-refractivity contribution is 0.660. The third kappa shape index (κ3) is 4.88. The Morgan fingerprint density at radius 2 is 0.964 bits per heavy atom. The smallest absolute Gasteiger partial charge is 0.143 e. The van der Waals surface area contributed by atoms with Gasteiger partial charge in [-0.2, -0.15) is 0 Å². The van der Waals surface area contributed by atoms with Crippen molar-refractivity contribution in [1.29, 1.82) is 0 Å². The summed E-state index contributed by atoms with van der Waals surface area (Å²) in [6.45, 7) is 4.70. The second-order valence-electron chi connectivity index (χ2n) is 15.3. The second-order valence-corrected chi connectivity index (χ2v) is 15.3. The van der Waals surface area contributed by atoms with Crippen LogP contribution in [0.2, 0.25) is 0 Å². The van der Waals surface area contributed by atoms with Gasteiger partial charge >= 0.3 is 0 Å². The number of para-hydroxylation sites is 1. The largest absolute Gasteiger partial charge is 0.455 e. The molecule has 0 fully saturated rings. The molecule has 0 amide bonds. The summed E-state index contributed by atoms with van der Waals surface area (Å²) in [4.78, 5) is 2.40. The molecule has 9 aromatic carbocycles. The van der Waals surface area contributed by atoms with Gasteiger partial charge in [0, 0.05) is 38.6 Å². The van der Waals surface area contributed by atoms with E-state index in [0.29, 0.717) is 0 Å². The Morgan fingerprint density at radius 1 is 0.400 bits per heavy atom. The number of hydrogen-bond acceptors (Lipinski definition) is 2. The Bertz CT molecular complexity index is 3110. The number of anilines is 3. The highest BCUT2D eigenvalue weighted by molar-refractivity contribution is 6.21. The van der Waals surface area contributed by atoms with Crippen molar-refractivity contribution in [3.63, 3.8) is 0 Å². The third-order valence-corrected chi connectivity index (χ3v) is 11.9. The van der Waals surface area contributed by atoms with Gasteiger partial charge in [0.15, 0.2) is 0 Å². The summed E-state index contributed by atoms with van der Waals surface area (Å²) in [7, 11) is 0. The maximum atomic E-state index is 6.54. The molecule has 1 heterocycles. The predicted molar refractivity (Wildman–Crippen MR) is 232 cm³/mol. The van der Waals surface area contributed by atoms with Crippen LogP contribution in [0.5, 0.6) is 0 Å². The monoisotopic (exact) mass is 703 g/mol. The van der Waals surface area contributed by atoms with Gasteiger partial charge < -0.3 is 9.32 Å². The molecule has 1 aliphatic carbocycles. The standard InChI is InChI=1S/C53H37NO/c1-53(2)48-20-9-7-17-44(48)45-31-30-40(33-49(45)53)54(38-26-22-35(23-27-38)42-19-11-14-34-12-3-5-15-41(34)42)39-28-24-36(25-29-39)47-32-37-13-4-6-16-43(37)52-51(47)46-18-8-10-21-50(46)55-52/h3-33H,1-2H3. The van der Waals surface area contributed by atoms with Crippen molar-refractivity contribution in [2.75, 3.05) is 4.90 Å². The van der Waals surface area contributed by atoms with E-state index in [2.05, 4.69) is 201 Å². The number of furan rings is 1. The number of hydrogen-bond donors (Lipinski definition) is 0. The summed E-state index contributed by atoms with van der Waals surface area (Å²) >= 11 is 0. The molecule has 0 N–H and O–H groups in total. The van der Waals surface area contributed by atoms with Gasteiger partial charge in [-0.25, -0.2) is 0 Å². The normalized spacial score (nSPS) is 13.1. The lowest BCUT2D eigenvalue weighted by Gasteiger charge is -2.28. The summed E-state index contributed by atoms with van der Waals surface area (Å²) in [5.74, 6) is 0. The SMILES string of the molecule is CC1(C)c2ccccc2-c2ccc(N(c3ccc(-c4cccc5ccccc45)cc3)c3ccc(-c4cc5ccccc5c5oc6ccccc6c45)cc3)cc21. The summed E-state index contributed by atoms with van der Waals surface area (Å²) in [6.07, 6.45) is 0. The van der Waals surface area contributed by atoms with E-state index in [9.17, 15) is 0 Å². The Labute approximate surface area is 320 Å². The van der Waals surface area contributed by atoms with Crippen LogP contribution in [0.3, 0.4) is 0 Å². The van der Waals surface area contributed by atoms with Gasteiger partial charge in [-0.15, -0.1) is 0 Å². The average Bonchev–Trinajstić information content (AvgIpc) is 3.74. The lowest BCUT2D eigenvalue weighted by atomic mass is 9.82. The highest BCUT2D eigenvalue weighted by atomic mass is 16.3. The molecule has 0 unspecified atom stereocenters. The summed E-state index contributed by atoms with van der Waals surface area (Å²) < 4.78 is 6.54. The molecule has 2 nitrogen and oxygen atoms in total. The van der Waals surface area contributed by atoms with Crippen molar-refractivity contribution in [3.8, 4) is 33.4 Å². The first kappa shape index (κ1) is 31.6. The van der Waals surface area contributed by atoms with Crippen LogP contribution in [-0.2, 0) is 5.41 Å². The Hall–Kier alpha value is -6.90.